The predicted molar refractivity (Wildman–Crippen MR) is 117 cm³/mol. The number of rotatable bonds is 4. The third-order valence-electron chi connectivity index (χ3n) is 6.47. The number of nitrogens with one attached hydrogen (secondary N) is 2. The molecule has 1 unspecified atom stereocenters. The molecule has 2 aromatic rings. The Kier molecular flexibility index (Phi) is 5.48. The number of fused-ring (bicyclic) bond motifs is 1. The van der Waals surface area contributed by atoms with E-state index in [0.29, 0.717) is 12.0 Å². The molecular formula is C24H30FN3O. The Labute approximate surface area is 172 Å². The van der Waals surface area contributed by atoms with Crippen LogP contribution in [-0.2, 0) is 11.2 Å². The number of anilines is 3. The Morgan fingerprint density at radius 1 is 1.21 bits per heavy atom. The molecule has 4 nitrogen and oxygen atoms in total. The van der Waals surface area contributed by atoms with Gasteiger partial charge >= 0.3 is 0 Å². The molecule has 4 rings (SSSR count). The molecule has 0 spiro atoms. The number of piperidine rings is 1. The molecule has 2 heterocycles. The van der Waals surface area contributed by atoms with E-state index in [1.807, 2.05) is 25.1 Å². The predicted octanol–water partition coefficient (Wildman–Crippen LogP) is 4.98. The Morgan fingerprint density at radius 2 is 1.97 bits per heavy atom. The fraction of sp³-hybridized carbons (Fsp3) is 0.458. The standard InChI is InChI=1S/C24H30FN3O/c1-15(2)17-9-11-28(12-10-17)19-6-4-5-18(13-19)26-24(29)22-14-20-21(25)8-7-16(3)23(20)27-22/h4-8,13,15,17,22,27H,9-12,14H2,1-3H3,(H,26,29). The minimum Gasteiger partial charge on any atom is -0.373 e. The molecule has 29 heavy (non-hydrogen) atoms. The first-order chi connectivity index (χ1) is 13.9. The first-order valence-electron chi connectivity index (χ1n) is 10.6. The SMILES string of the molecule is Cc1ccc(F)c2c1NC(C(=O)Nc1cccc(N3CCC(C(C)C)CC3)c1)C2. The van der Waals surface area contributed by atoms with Crippen molar-refractivity contribution in [2.24, 2.45) is 11.8 Å². The van der Waals surface area contributed by atoms with Crippen LogP contribution in [0.5, 0.6) is 0 Å². The lowest BCUT2D eigenvalue weighted by Gasteiger charge is -2.35. The second kappa shape index (κ2) is 8.05. The van der Waals surface area contributed by atoms with Crippen LogP contribution < -0.4 is 15.5 Å². The molecule has 0 bridgehead atoms. The van der Waals surface area contributed by atoms with Crippen molar-refractivity contribution >= 4 is 23.0 Å². The molecule has 2 aromatic carbocycles. The lowest BCUT2D eigenvalue weighted by molar-refractivity contribution is -0.116. The van der Waals surface area contributed by atoms with Crippen molar-refractivity contribution in [3.63, 3.8) is 0 Å². The molecule has 0 aliphatic carbocycles. The van der Waals surface area contributed by atoms with E-state index in [0.717, 1.165) is 47.6 Å². The van der Waals surface area contributed by atoms with Crippen LogP contribution in [0, 0.1) is 24.6 Å². The largest absolute Gasteiger partial charge is 0.373 e. The first-order valence-corrected chi connectivity index (χ1v) is 10.6. The highest BCUT2D eigenvalue weighted by Crippen LogP contribution is 2.32. The maximum absolute atomic E-state index is 14.1. The van der Waals surface area contributed by atoms with E-state index in [4.69, 9.17) is 0 Å². The third-order valence-corrected chi connectivity index (χ3v) is 6.47. The minimum absolute atomic E-state index is 0.129. The maximum atomic E-state index is 14.1. The number of nitrogens with zero attached hydrogens (tertiary/aromatic N) is 1. The first kappa shape index (κ1) is 19.7. The van der Waals surface area contributed by atoms with Gasteiger partial charge in [0, 0.05) is 42.1 Å². The molecule has 1 amide bonds. The lowest BCUT2D eigenvalue weighted by Crippen LogP contribution is -2.35. The molecule has 1 atom stereocenters. The van der Waals surface area contributed by atoms with Crippen LogP contribution in [0.1, 0.15) is 37.8 Å². The number of carbonyl (C=O) groups is 1. The van der Waals surface area contributed by atoms with Crippen LogP contribution in [0.2, 0.25) is 0 Å². The summed E-state index contributed by atoms with van der Waals surface area (Å²) in [4.78, 5) is 15.2. The van der Waals surface area contributed by atoms with Gasteiger partial charge in [0.05, 0.1) is 0 Å². The second-order valence-corrected chi connectivity index (χ2v) is 8.73. The molecule has 1 fully saturated rings. The number of amides is 1. The van der Waals surface area contributed by atoms with Crippen LogP contribution in [0.4, 0.5) is 21.5 Å². The summed E-state index contributed by atoms with van der Waals surface area (Å²) in [6, 6.07) is 10.8. The summed E-state index contributed by atoms with van der Waals surface area (Å²) in [5.74, 6) is 1.16. The Balaban J connectivity index is 1.41. The normalized spacial score (nSPS) is 19.2. The van der Waals surface area contributed by atoms with E-state index in [-0.39, 0.29) is 11.7 Å². The van der Waals surface area contributed by atoms with Gasteiger partial charge in [0.25, 0.3) is 0 Å². The fourth-order valence-electron chi connectivity index (χ4n) is 4.56. The molecule has 0 saturated carbocycles. The van der Waals surface area contributed by atoms with Crippen LogP contribution >= 0.6 is 0 Å². The zero-order chi connectivity index (χ0) is 20.5. The highest BCUT2D eigenvalue weighted by atomic mass is 19.1. The van der Waals surface area contributed by atoms with Gasteiger partial charge in [-0.05, 0) is 61.4 Å². The van der Waals surface area contributed by atoms with Gasteiger partial charge in [-0.1, -0.05) is 26.0 Å². The average Bonchev–Trinajstić information content (AvgIpc) is 3.18. The van der Waals surface area contributed by atoms with E-state index in [2.05, 4.69) is 35.4 Å². The van der Waals surface area contributed by atoms with Crippen molar-refractivity contribution in [1.82, 2.24) is 0 Å². The van der Waals surface area contributed by atoms with Crippen molar-refractivity contribution in [1.29, 1.82) is 0 Å². The van der Waals surface area contributed by atoms with E-state index >= 15 is 0 Å². The zero-order valence-electron chi connectivity index (χ0n) is 17.5. The number of aryl methyl sites for hydroxylation is 1. The quantitative estimate of drug-likeness (QED) is 0.767. The molecule has 2 aliphatic heterocycles. The van der Waals surface area contributed by atoms with E-state index in [9.17, 15) is 9.18 Å². The second-order valence-electron chi connectivity index (χ2n) is 8.73. The Bertz CT molecular complexity index is 872. The number of benzene rings is 2. The van der Waals surface area contributed by atoms with Gasteiger partial charge in [-0.3, -0.25) is 4.79 Å². The summed E-state index contributed by atoms with van der Waals surface area (Å²) in [6.07, 6.45) is 2.80. The summed E-state index contributed by atoms with van der Waals surface area (Å²) in [5.41, 5.74) is 4.25. The van der Waals surface area contributed by atoms with Crippen molar-refractivity contribution < 1.29 is 9.18 Å². The minimum atomic E-state index is -0.453. The van der Waals surface area contributed by atoms with Gasteiger partial charge in [-0.25, -0.2) is 4.39 Å². The maximum Gasteiger partial charge on any atom is 0.247 e. The molecule has 0 radical (unpaired) electrons. The number of hydrogen-bond donors (Lipinski definition) is 2. The zero-order valence-corrected chi connectivity index (χ0v) is 17.5. The van der Waals surface area contributed by atoms with Gasteiger partial charge in [0.2, 0.25) is 5.91 Å². The monoisotopic (exact) mass is 395 g/mol. The van der Waals surface area contributed by atoms with E-state index < -0.39 is 6.04 Å². The van der Waals surface area contributed by atoms with Gasteiger partial charge in [0.1, 0.15) is 11.9 Å². The molecule has 154 valence electrons. The van der Waals surface area contributed by atoms with Gasteiger partial charge in [-0.2, -0.15) is 0 Å². The summed E-state index contributed by atoms with van der Waals surface area (Å²) in [7, 11) is 0. The van der Waals surface area contributed by atoms with Crippen LogP contribution in [0.25, 0.3) is 0 Å². The van der Waals surface area contributed by atoms with Crippen LogP contribution in [0.3, 0.4) is 0 Å². The number of carbonyl (C=O) groups excluding carboxylic acids is 1. The topological polar surface area (TPSA) is 44.4 Å². The summed E-state index contributed by atoms with van der Waals surface area (Å²) in [6.45, 7) is 8.65. The van der Waals surface area contributed by atoms with E-state index in [1.54, 1.807) is 6.07 Å². The fourth-order valence-corrected chi connectivity index (χ4v) is 4.56. The van der Waals surface area contributed by atoms with Gasteiger partial charge in [-0.15, -0.1) is 0 Å². The smallest absolute Gasteiger partial charge is 0.247 e. The summed E-state index contributed by atoms with van der Waals surface area (Å²) >= 11 is 0. The molecule has 0 aromatic heterocycles. The van der Waals surface area contributed by atoms with Crippen molar-refractivity contribution in [3.8, 4) is 0 Å². The average molecular weight is 396 g/mol. The van der Waals surface area contributed by atoms with Crippen LogP contribution in [0.15, 0.2) is 36.4 Å². The van der Waals surface area contributed by atoms with Crippen molar-refractivity contribution in [3.05, 3.63) is 53.3 Å². The summed E-state index contributed by atoms with van der Waals surface area (Å²) < 4.78 is 14.1. The van der Waals surface area contributed by atoms with E-state index in [1.165, 1.54) is 18.9 Å². The van der Waals surface area contributed by atoms with Crippen LogP contribution in [-0.4, -0.2) is 25.0 Å². The highest BCUT2D eigenvalue weighted by molar-refractivity contribution is 5.98. The van der Waals surface area contributed by atoms with Gasteiger partial charge < -0.3 is 15.5 Å². The van der Waals surface area contributed by atoms with Gasteiger partial charge in [0.15, 0.2) is 0 Å². The Hall–Kier alpha value is -2.56. The Morgan fingerprint density at radius 3 is 2.66 bits per heavy atom. The number of hydrogen-bond acceptors (Lipinski definition) is 3. The molecule has 5 heteroatoms. The molecule has 2 N–H and O–H groups in total. The lowest BCUT2D eigenvalue weighted by atomic mass is 9.86. The third kappa shape index (κ3) is 4.09. The highest BCUT2D eigenvalue weighted by Gasteiger charge is 2.30. The van der Waals surface area contributed by atoms with Crippen molar-refractivity contribution in [2.45, 2.75) is 46.1 Å². The number of halogens is 1. The summed E-state index contributed by atoms with van der Waals surface area (Å²) in [5, 5.41) is 6.21. The van der Waals surface area contributed by atoms with Crippen molar-refractivity contribution in [2.75, 3.05) is 28.6 Å². The molecular weight excluding hydrogens is 365 g/mol. The molecule has 2 aliphatic rings. The molecule has 1 saturated heterocycles.